The number of halogens is 2. The lowest BCUT2D eigenvalue weighted by Gasteiger charge is -2.27. The van der Waals surface area contributed by atoms with Crippen molar-refractivity contribution in [1.29, 1.82) is 0 Å². The lowest BCUT2D eigenvalue weighted by Crippen LogP contribution is -2.31. The molecule has 2 heterocycles. The fourth-order valence-electron chi connectivity index (χ4n) is 3.50. The van der Waals surface area contributed by atoms with Crippen molar-refractivity contribution in [1.82, 2.24) is 9.47 Å². The lowest BCUT2D eigenvalue weighted by molar-refractivity contribution is 0.187. The van der Waals surface area contributed by atoms with Crippen LogP contribution in [0.4, 0.5) is 0 Å². The number of benzene rings is 2. The quantitative estimate of drug-likeness (QED) is 0.510. The number of aromatic nitrogens is 1. The van der Waals surface area contributed by atoms with Crippen LogP contribution in [0.25, 0.3) is 21.8 Å². The minimum atomic E-state index is 0.989. The Balaban J connectivity index is 1.90. The zero-order chi connectivity index (χ0) is 15.1. The number of hydrogen-bond acceptors (Lipinski definition) is 1. The zero-order valence-corrected chi connectivity index (χ0v) is 15.5. The zero-order valence-electron chi connectivity index (χ0n) is 12.4. The highest BCUT2D eigenvalue weighted by Gasteiger charge is 2.15. The number of fused-ring (bicyclic) bond motifs is 3. The Kier molecular flexibility index (Phi) is 4.01. The normalized spacial score (nSPS) is 16.6. The molecular formula is C18H18Br2N2. The molecule has 0 atom stereocenters. The molecule has 0 unspecified atom stereocenters. The van der Waals surface area contributed by atoms with E-state index < -0.39 is 0 Å². The molecule has 0 N–H and O–H groups in total. The molecule has 0 saturated carbocycles. The molecule has 2 aromatic carbocycles. The van der Waals surface area contributed by atoms with E-state index in [1.54, 1.807) is 0 Å². The Labute approximate surface area is 147 Å². The van der Waals surface area contributed by atoms with Crippen molar-refractivity contribution in [2.24, 2.45) is 0 Å². The first-order valence-electron chi connectivity index (χ1n) is 7.82. The van der Waals surface area contributed by atoms with Crippen molar-refractivity contribution in [2.75, 3.05) is 13.1 Å². The standard InChI is InChI=1S/C18H18Br2N2/c19-13-4-6-17-15(10-13)16-11-14(20)5-7-18(16)22(17)12-21-8-2-1-3-9-21/h4-7,10-11H,1-3,8-9,12H2. The van der Waals surface area contributed by atoms with Gasteiger partial charge in [0.05, 0.1) is 17.7 Å². The van der Waals surface area contributed by atoms with Crippen LogP contribution in [0.1, 0.15) is 19.3 Å². The highest BCUT2D eigenvalue weighted by Crippen LogP contribution is 2.33. The molecule has 22 heavy (non-hydrogen) atoms. The van der Waals surface area contributed by atoms with E-state index in [9.17, 15) is 0 Å². The summed E-state index contributed by atoms with van der Waals surface area (Å²) in [5.41, 5.74) is 2.64. The Bertz CT molecular complexity index is 773. The van der Waals surface area contributed by atoms with Crippen LogP contribution < -0.4 is 0 Å². The third-order valence-corrected chi connectivity index (χ3v) is 5.57. The second-order valence-corrected chi connectivity index (χ2v) is 7.90. The second-order valence-electron chi connectivity index (χ2n) is 6.07. The first-order chi connectivity index (χ1) is 10.7. The predicted molar refractivity (Wildman–Crippen MR) is 100 cm³/mol. The fourth-order valence-corrected chi connectivity index (χ4v) is 4.22. The minimum Gasteiger partial charge on any atom is -0.327 e. The van der Waals surface area contributed by atoms with Gasteiger partial charge >= 0.3 is 0 Å². The smallest absolute Gasteiger partial charge is 0.0757 e. The molecule has 1 saturated heterocycles. The molecule has 0 bridgehead atoms. The summed E-state index contributed by atoms with van der Waals surface area (Å²) in [6.45, 7) is 3.42. The van der Waals surface area contributed by atoms with Gasteiger partial charge in [-0.2, -0.15) is 0 Å². The molecule has 1 aliphatic heterocycles. The van der Waals surface area contributed by atoms with Crippen molar-refractivity contribution >= 4 is 53.7 Å². The number of rotatable bonds is 2. The molecule has 4 heteroatoms. The summed E-state index contributed by atoms with van der Waals surface area (Å²) >= 11 is 7.23. The van der Waals surface area contributed by atoms with E-state index in [1.165, 1.54) is 54.2 Å². The fraction of sp³-hybridized carbons (Fsp3) is 0.333. The predicted octanol–water partition coefficient (Wildman–Crippen LogP) is 5.76. The van der Waals surface area contributed by atoms with E-state index in [4.69, 9.17) is 0 Å². The topological polar surface area (TPSA) is 8.17 Å². The molecule has 3 aromatic rings. The van der Waals surface area contributed by atoms with Gasteiger partial charge in [0.25, 0.3) is 0 Å². The molecule has 4 rings (SSSR count). The first-order valence-corrected chi connectivity index (χ1v) is 9.40. The van der Waals surface area contributed by atoms with Crippen molar-refractivity contribution in [3.63, 3.8) is 0 Å². The molecule has 0 amide bonds. The van der Waals surface area contributed by atoms with Crippen LogP contribution in [0.2, 0.25) is 0 Å². The molecule has 1 aromatic heterocycles. The Hall–Kier alpha value is -0.840. The molecule has 114 valence electrons. The highest BCUT2D eigenvalue weighted by molar-refractivity contribution is 9.10. The summed E-state index contributed by atoms with van der Waals surface area (Å²) in [4.78, 5) is 2.58. The number of piperidine rings is 1. The second kappa shape index (κ2) is 5.99. The van der Waals surface area contributed by atoms with Crippen LogP contribution in [0.15, 0.2) is 45.3 Å². The van der Waals surface area contributed by atoms with Gasteiger partial charge in [-0.25, -0.2) is 0 Å². The number of likely N-dealkylation sites (tertiary alicyclic amines) is 1. The summed E-state index contributed by atoms with van der Waals surface area (Å²) in [5, 5.41) is 2.64. The van der Waals surface area contributed by atoms with Crippen LogP contribution in [0, 0.1) is 0 Å². The summed E-state index contributed by atoms with van der Waals surface area (Å²) in [6, 6.07) is 13.2. The third kappa shape index (κ3) is 2.61. The highest BCUT2D eigenvalue weighted by atomic mass is 79.9. The van der Waals surface area contributed by atoms with Crippen molar-refractivity contribution < 1.29 is 0 Å². The maximum Gasteiger partial charge on any atom is 0.0757 e. The molecular weight excluding hydrogens is 404 g/mol. The molecule has 1 fully saturated rings. The Morgan fingerprint density at radius 2 is 1.32 bits per heavy atom. The Morgan fingerprint density at radius 1 is 0.773 bits per heavy atom. The van der Waals surface area contributed by atoms with Gasteiger partial charge in [-0.3, -0.25) is 4.90 Å². The summed E-state index contributed by atoms with van der Waals surface area (Å²) < 4.78 is 4.74. The van der Waals surface area contributed by atoms with E-state index >= 15 is 0 Å². The number of nitrogens with zero attached hydrogens (tertiary/aromatic N) is 2. The van der Waals surface area contributed by atoms with Crippen LogP contribution >= 0.6 is 31.9 Å². The van der Waals surface area contributed by atoms with Gasteiger partial charge < -0.3 is 4.57 Å². The maximum atomic E-state index is 3.61. The first kappa shape index (κ1) is 14.7. The van der Waals surface area contributed by atoms with Crippen LogP contribution in [0.5, 0.6) is 0 Å². The molecule has 0 radical (unpaired) electrons. The summed E-state index contributed by atoms with van der Waals surface area (Å²) in [7, 11) is 0. The van der Waals surface area contributed by atoms with Gasteiger partial charge in [0.15, 0.2) is 0 Å². The van der Waals surface area contributed by atoms with Crippen LogP contribution in [-0.2, 0) is 6.67 Å². The third-order valence-electron chi connectivity index (χ3n) is 4.58. The molecule has 0 spiro atoms. The van der Waals surface area contributed by atoms with Gasteiger partial charge in [0.2, 0.25) is 0 Å². The maximum absolute atomic E-state index is 3.61. The average Bonchev–Trinajstić information content (AvgIpc) is 2.81. The Morgan fingerprint density at radius 3 is 1.86 bits per heavy atom. The number of hydrogen-bond donors (Lipinski definition) is 0. The monoisotopic (exact) mass is 420 g/mol. The van der Waals surface area contributed by atoms with E-state index in [1.807, 2.05) is 0 Å². The van der Waals surface area contributed by atoms with Crippen molar-refractivity contribution in [2.45, 2.75) is 25.9 Å². The van der Waals surface area contributed by atoms with E-state index in [0.29, 0.717) is 0 Å². The van der Waals surface area contributed by atoms with Gasteiger partial charge in [0, 0.05) is 19.7 Å². The minimum absolute atomic E-state index is 0.989. The van der Waals surface area contributed by atoms with Crippen LogP contribution in [-0.4, -0.2) is 22.6 Å². The molecule has 1 aliphatic rings. The van der Waals surface area contributed by atoms with E-state index in [2.05, 4.69) is 77.7 Å². The van der Waals surface area contributed by atoms with Gasteiger partial charge in [0.1, 0.15) is 0 Å². The largest absolute Gasteiger partial charge is 0.327 e. The van der Waals surface area contributed by atoms with Crippen molar-refractivity contribution in [3.05, 3.63) is 45.3 Å². The summed E-state index contributed by atoms with van der Waals surface area (Å²) in [6.07, 6.45) is 4.03. The van der Waals surface area contributed by atoms with Crippen LogP contribution in [0.3, 0.4) is 0 Å². The van der Waals surface area contributed by atoms with Gasteiger partial charge in [-0.05, 0) is 62.3 Å². The van der Waals surface area contributed by atoms with E-state index in [-0.39, 0.29) is 0 Å². The molecule has 2 nitrogen and oxygen atoms in total. The van der Waals surface area contributed by atoms with Crippen molar-refractivity contribution in [3.8, 4) is 0 Å². The average molecular weight is 422 g/mol. The van der Waals surface area contributed by atoms with Gasteiger partial charge in [-0.15, -0.1) is 0 Å². The SMILES string of the molecule is Brc1ccc2c(c1)c1cc(Br)ccc1n2CN1CCCCC1. The lowest BCUT2D eigenvalue weighted by atomic mass is 10.1. The van der Waals surface area contributed by atoms with Gasteiger partial charge in [-0.1, -0.05) is 38.3 Å². The summed E-state index contributed by atoms with van der Waals surface area (Å²) in [5.74, 6) is 0. The molecule has 0 aliphatic carbocycles. The van der Waals surface area contributed by atoms with E-state index in [0.717, 1.165) is 15.6 Å².